The van der Waals surface area contributed by atoms with Crippen LogP contribution in [0, 0.1) is 0 Å². The van der Waals surface area contributed by atoms with Gasteiger partial charge in [-0.05, 0) is 32.9 Å². The minimum Gasteiger partial charge on any atom is -0.331 e. The molecule has 0 saturated carbocycles. The molecule has 0 bridgehead atoms. The minimum absolute atomic E-state index is 0.608. The number of likely N-dealkylation sites (N-methyl/N-ethyl adjacent to an activating group) is 1. The van der Waals surface area contributed by atoms with Crippen molar-refractivity contribution in [2.24, 2.45) is 5.73 Å². The van der Waals surface area contributed by atoms with E-state index < -0.39 is 0 Å². The monoisotopic (exact) mass is 234 g/mol. The first-order chi connectivity index (χ1) is 8.29. The number of hydrogen-bond donors (Lipinski definition) is 1. The zero-order chi connectivity index (χ0) is 11.8. The van der Waals surface area contributed by atoms with Crippen LogP contribution in [0.25, 0.3) is 0 Å². The molecule has 4 nitrogen and oxygen atoms in total. The Morgan fingerprint density at radius 1 is 1.35 bits per heavy atom. The second kappa shape index (κ2) is 4.42. The normalized spacial score (nSPS) is 25.2. The van der Waals surface area contributed by atoms with Gasteiger partial charge in [-0.15, -0.1) is 0 Å². The Balaban J connectivity index is 1.95. The van der Waals surface area contributed by atoms with Crippen molar-refractivity contribution in [3.8, 4) is 0 Å². The summed E-state index contributed by atoms with van der Waals surface area (Å²) in [7, 11) is 2.19. The number of rotatable bonds is 2. The zero-order valence-corrected chi connectivity index (χ0v) is 10.7. The first-order valence-corrected chi connectivity index (χ1v) is 6.76. The van der Waals surface area contributed by atoms with E-state index in [2.05, 4.69) is 16.5 Å². The summed E-state index contributed by atoms with van der Waals surface area (Å²) in [5, 5.41) is 0. The maximum atomic E-state index is 5.95. The summed E-state index contributed by atoms with van der Waals surface area (Å²) in [5.41, 5.74) is 8.55. The molecule has 1 aromatic rings. The molecule has 17 heavy (non-hydrogen) atoms. The molecule has 3 heterocycles. The summed E-state index contributed by atoms with van der Waals surface area (Å²) >= 11 is 0. The molecule has 0 aliphatic carbocycles. The predicted octanol–water partition coefficient (Wildman–Crippen LogP) is 1.10. The van der Waals surface area contributed by atoms with Crippen LogP contribution < -0.4 is 5.73 Å². The van der Waals surface area contributed by atoms with Crippen molar-refractivity contribution in [2.75, 3.05) is 20.1 Å². The molecule has 94 valence electrons. The molecule has 1 fully saturated rings. The average Bonchev–Trinajstić information content (AvgIpc) is 2.91. The highest BCUT2D eigenvalue weighted by Crippen LogP contribution is 2.30. The standard InChI is InChI=1S/C13H22N4/c1-16-7-5-10(9-16)13-11(8-14)17-6-3-2-4-12(17)15-13/h10H,2-9,14H2,1H3. The van der Waals surface area contributed by atoms with Crippen molar-refractivity contribution >= 4 is 0 Å². The van der Waals surface area contributed by atoms with Gasteiger partial charge in [0.1, 0.15) is 5.82 Å². The molecular weight excluding hydrogens is 212 g/mol. The number of imidazole rings is 1. The van der Waals surface area contributed by atoms with Crippen molar-refractivity contribution in [3.05, 3.63) is 17.2 Å². The fourth-order valence-electron chi connectivity index (χ4n) is 3.27. The largest absolute Gasteiger partial charge is 0.331 e. The van der Waals surface area contributed by atoms with Gasteiger partial charge >= 0.3 is 0 Å². The van der Waals surface area contributed by atoms with Gasteiger partial charge in [0.2, 0.25) is 0 Å². The van der Waals surface area contributed by atoms with Gasteiger partial charge in [0.05, 0.1) is 11.4 Å². The molecule has 1 saturated heterocycles. The van der Waals surface area contributed by atoms with Crippen molar-refractivity contribution < 1.29 is 0 Å². The lowest BCUT2D eigenvalue weighted by Crippen LogP contribution is -2.17. The third-order valence-electron chi connectivity index (χ3n) is 4.19. The van der Waals surface area contributed by atoms with Crippen LogP contribution in [0.3, 0.4) is 0 Å². The van der Waals surface area contributed by atoms with E-state index in [4.69, 9.17) is 10.7 Å². The highest BCUT2D eigenvalue weighted by Gasteiger charge is 2.28. The number of nitrogens with zero attached hydrogens (tertiary/aromatic N) is 3. The number of aryl methyl sites for hydroxylation is 1. The molecule has 2 aliphatic heterocycles. The maximum absolute atomic E-state index is 5.95. The molecular formula is C13H22N4. The van der Waals surface area contributed by atoms with E-state index in [1.54, 1.807) is 0 Å². The molecule has 0 spiro atoms. The number of fused-ring (bicyclic) bond motifs is 1. The second-order valence-electron chi connectivity index (χ2n) is 5.42. The van der Waals surface area contributed by atoms with E-state index in [-0.39, 0.29) is 0 Å². The van der Waals surface area contributed by atoms with Crippen molar-refractivity contribution in [1.29, 1.82) is 0 Å². The number of aromatic nitrogens is 2. The molecule has 0 radical (unpaired) electrons. The summed E-state index contributed by atoms with van der Waals surface area (Å²) in [5.74, 6) is 1.89. The van der Waals surface area contributed by atoms with Gasteiger partial charge < -0.3 is 15.2 Å². The first-order valence-electron chi connectivity index (χ1n) is 6.76. The van der Waals surface area contributed by atoms with Crippen LogP contribution in [0.4, 0.5) is 0 Å². The Kier molecular flexibility index (Phi) is 2.92. The summed E-state index contributed by atoms with van der Waals surface area (Å²) in [4.78, 5) is 7.29. The fraction of sp³-hybridized carbons (Fsp3) is 0.769. The average molecular weight is 234 g/mol. The Bertz CT molecular complexity index is 410. The molecule has 0 amide bonds. The lowest BCUT2D eigenvalue weighted by atomic mass is 10.0. The molecule has 4 heteroatoms. The van der Waals surface area contributed by atoms with E-state index in [0.717, 1.165) is 19.5 Å². The Morgan fingerprint density at radius 2 is 2.24 bits per heavy atom. The SMILES string of the molecule is CN1CCC(c2nc3n(c2CN)CCCC3)C1. The Labute approximate surface area is 103 Å². The maximum Gasteiger partial charge on any atom is 0.109 e. The van der Waals surface area contributed by atoms with Crippen LogP contribution in [0.2, 0.25) is 0 Å². The van der Waals surface area contributed by atoms with Gasteiger partial charge in [-0.25, -0.2) is 4.98 Å². The van der Waals surface area contributed by atoms with Crippen molar-refractivity contribution in [2.45, 2.75) is 44.7 Å². The van der Waals surface area contributed by atoms with Gasteiger partial charge in [0, 0.05) is 32.0 Å². The third-order valence-corrected chi connectivity index (χ3v) is 4.19. The van der Waals surface area contributed by atoms with Crippen LogP contribution in [0.5, 0.6) is 0 Å². The minimum atomic E-state index is 0.608. The smallest absolute Gasteiger partial charge is 0.109 e. The van der Waals surface area contributed by atoms with Gasteiger partial charge in [-0.2, -0.15) is 0 Å². The van der Waals surface area contributed by atoms with Crippen molar-refractivity contribution in [1.82, 2.24) is 14.5 Å². The van der Waals surface area contributed by atoms with Crippen LogP contribution in [-0.2, 0) is 19.5 Å². The molecule has 2 aliphatic rings. The molecule has 1 atom stereocenters. The van der Waals surface area contributed by atoms with Crippen LogP contribution in [-0.4, -0.2) is 34.6 Å². The van der Waals surface area contributed by atoms with Gasteiger partial charge in [-0.1, -0.05) is 0 Å². The highest BCUT2D eigenvalue weighted by molar-refractivity contribution is 5.24. The lowest BCUT2D eigenvalue weighted by molar-refractivity contribution is 0.410. The van der Waals surface area contributed by atoms with E-state index in [1.165, 1.54) is 43.0 Å². The fourth-order valence-corrected chi connectivity index (χ4v) is 3.27. The highest BCUT2D eigenvalue weighted by atomic mass is 15.1. The summed E-state index contributed by atoms with van der Waals surface area (Å²) in [6.07, 6.45) is 4.93. The predicted molar refractivity (Wildman–Crippen MR) is 67.9 cm³/mol. The van der Waals surface area contributed by atoms with Crippen LogP contribution in [0.15, 0.2) is 0 Å². The topological polar surface area (TPSA) is 47.1 Å². The summed E-state index contributed by atoms with van der Waals surface area (Å²) < 4.78 is 2.39. The Morgan fingerprint density at radius 3 is 2.94 bits per heavy atom. The summed E-state index contributed by atoms with van der Waals surface area (Å²) in [6, 6.07) is 0. The number of hydrogen-bond acceptors (Lipinski definition) is 3. The third kappa shape index (κ3) is 1.89. The molecule has 1 aromatic heterocycles. The molecule has 0 aromatic carbocycles. The zero-order valence-electron chi connectivity index (χ0n) is 10.7. The van der Waals surface area contributed by atoms with Crippen LogP contribution in [0.1, 0.15) is 42.4 Å². The van der Waals surface area contributed by atoms with Crippen LogP contribution >= 0.6 is 0 Å². The first kappa shape index (κ1) is 11.2. The number of likely N-dealkylation sites (tertiary alicyclic amines) is 1. The van der Waals surface area contributed by atoms with E-state index in [9.17, 15) is 0 Å². The molecule has 1 unspecified atom stereocenters. The van der Waals surface area contributed by atoms with Gasteiger partial charge in [0.25, 0.3) is 0 Å². The van der Waals surface area contributed by atoms with Gasteiger partial charge in [0.15, 0.2) is 0 Å². The second-order valence-corrected chi connectivity index (χ2v) is 5.42. The summed E-state index contributed by atoms with van der Waals surface area (Å²) in [6.45, 7) is 4.10. The van der Waals surface area contributed by atoms with E-state index in [0.29, 0.717) is 12.5 Å². The van der Waals surface area contributed by atoms with Gasteiger partial charge in [-0.3, -0.25) is 0 Å². The van der Waals surface area contributed by atoms with E-state index in [1.807, 2.05) is 0 Å². The molecule has 3 rings (SSSR count). The lowest BCUT2D eigenvalue weighted by Gasteiger charge is -2.16. The van der Waals surface area contributed by atoms with E-state index >= 15 is 0 Å². The quantitative estimate of drug-likeness (QED) is 0.833. The number of nitrogens with two attached hydrogens (primary N) is 1. The van der Waals surface area contributed by atoms with Crippen molar-refractivity contribution in [3.63, 3.8) is 0 Å². The Hall–Kier alpha value is -0.870. The molecule has 2 N–H and O–H groups in total.